The third kappa shape index (κ3) is 2.97. The largest absolute Gasteiger partial charge is 0.338 e. The summed E-state index contributed by atoms with van der Waals surface area (Å²) in [6.07, 6.45) is 3.38. The monoisotopic (exact) mass is 343 g/mol. The van der Waals surface area contributed by atoms with E-state index >= 15 is 0 Å². The average Bonchev–Trinajstić information content (AvgIpc) is 2.86. The van der Waals surface area contributed by atoms with Gasteiger partial charge in [-0.25, -0.2) is 0 Å². The predicted octanol–water partition coefficient (Wildman–Crippen LogP) is 4.75. The third-order valence-corrected chi connectivity index (χ3v) is 5.61. The maximum Gasteiger partial charge on any atom is 0.253 e. The maximum atomic E-state index is 12.5. The van der Waals surface area contributed by atoms with Crippen LogP contribution in [-0.4, -0.2) is 23.9 Å². The second-order valence-electron chi connectivity index (χ2n) is 5.31. The van der Waals surface area contributed by atoms with E-state index in [1.807, 2.05) is 11.0 Å². The summed E-state index contributed by atoms with van der Waals surface area (Å²) >= 11 is 9.33. The van der Waals surface area contributed by atoms with Crippen LogP contribution in [0.4, 0.5) is 0 Å². The van der Waals surface area contributed by atoms with Crippen molar-refractivity contribution in [2.24, 2.45) is 5.41 Å². The number of rotatable bonds is 3. The summed E-state index contributed by atoms with van der Waals surface area (Å²) in [6, 6.07) is 5.37. The van der Waals surface area contributed by atoms with Gasteiger partial charge < -0.3 is 4.90 Å². The lowest BCUT2D eigenvalue weighted by Crippen LogP contribution is -2.31. The molecule has 1 aliphatic rings. The van der Waals surface area contributed by atoms with Crippen LogP contribution in [-0.2, 0) is 0 Å². The van der Waals surface area contributed by atoms with Crippen molar-refractivity contribution in [3.8, 4) is 0 Å². The van der Waals surface area contributed by atoms with E-state index in [1.54, 1.807) is 12.1 Å². The Hall–Kier alpha value is -0.540. The van der Waals surface area contributed by atoms with Gasteiger partial charge in [0.1, 0.15) is 0 Å². The number of nitrogens with zero attached hydrogens (tertiary/aromatic N) is 1. The fourth-order valence-corrected chi connectivity index (χ4v) is 3.24. The molecule has 1 aromatic rings. The molecule has 1 heterocycles. The molecule has 0 bridgehead atoms. The molecule has 0 aromatic heterocycles. The Morgan fingerprint density at radius 1 is 1.42 bits per heavy atom. The van der Waals surface area contributed by atoms with Crippen LogP contribution in [0.1, 0.15) is 43.5 Å². The first-order valence-corrected chi connectivity index (χ1v) is 7.93. The van der Waals surface area contributed by atoms with Gasteiger partial charge in [0.2, 0.25) is 0 Å². The van der Waals surface area contributed by atoms with Gasteiger partial charge in [-0.15, -0.1) is 0 Å². The van der Waals surface area contributed by atoms with Crippen LogP contribution >= 0.6 is 27.5 Å². The molecule has 0 atom stereocenters. The van der Waals surface area contributed by atoms with E-state index in [9.17, 15) is 4.79 Å². The molecule has 0 radical (unpaired) electrons. The number of halogens is 2. The molecule has 4 heteroatoms. The van der Waals surface area contributed by atoms with Crippen LogP contribution in [0.25, 0.3) is 0 Å². The van der Waals surface area contributed by atoms with Gasteiger partial charge in [-0.05, 0) is 58.8 Å². The molecule has 0 unspecified atom stereocenters. The number of hydrogen-bond acceptors (Lipinski definition) is 1. The Bertz CT molecular complexity index is 485. The van der Waals surface area contributed by atoms with Crippen LogP contribution in [0.3, 0.4) is 0 Å². The highest BCUT2D eigenvalue weighted by atomic mass is 79.9. The second kappa shape index (κ2) is 5.84. The summed E-state index contributed by atoms with van der Waals surface area (Å²) in [6.45, 7) is 6.17. The van der Waals surface area contributed by atoms with E-state index in [1.165, 1.54) is 0 Å². The number of benzene rings is 1. The van der Waals surface area contributed by atoms with Crippen molar-refractivity contribution in [2.45, 2.75) is 33.1 Å². The second-order valence-corrected chi connectivity index (χ2v) is 6.57. The van der Waals surface area contributed by atoms with Gasteiger partial charge in [-0.2, -0.15) is 0 Å². The summed E-state index contributed by atoms with van der Waals surface area (Å²) in [5.41, 5.74) is 1.03. The lowest BCUT2D eigenvalue weighted by Gasteiger charge is -2.26. The van der Waals surface area contributed by atoms with Gasteiger partial charge in [0.25, 0.3) is 5.91 Å². The summed E-state index contributed by atoms with van der Waals surface area (Å²) in [5.74, 6) is 0.112. The molecule has 1 aromatic carbocycles. The molecule has 1 fully saturated rings. The lowest BCUT2D eigenvalue weighted by atomic mass is 9.82. The van der Waals surface area contributed by atoms with Gasteiger partial charge in [0.15, 0.2) is 0 Å². The van der Waals surface area contributed by atoms with Gasteiger partial charge in [0.05, 0.1) is 5.02 Å². The minimum atomic E-state index is 0.112. The van der Waals surface area contributed by atoms with E-state index in [-0.39, 0.29) is 5.91 Å². The first-order chi connectivity index (χ1) is 9.01. The van der Waals surface area contributed by atoms with Crippen molar-refractivity contribution in [2.75, 3.05) is 13.1 Å². The molecule has 2 nitrogen and oxygen atoms in total. The Morgan fingerprint density at radius 3 is 2.63 bits per heavy atom. The fraction of sp³-hybridized carbons (Fsp3) is 0.533. The van der Waals surface area contributed by atoms with Crippen LogP contribution in [0.15, 0.2) is 22.7 Å². The van der Waals surface area contributed by atoms with Gasteiger partial charge in [0, 0.05) is 23.1 Å². The van der Waals surface area contributed by atoms with Crippen molar-refractivity contribution in [1.82, 2.24) is 4.90 Å². The Balaban J connectivity index is 2.15. The normalized spacial score (nSPS) is 17.8. The molecule has 104 valence electrons. The maximum absolute atomic E-state index is 12.5. The number of hydrogen-bond donors (Lipinski definition) is 0. The highest BCUT2D eigenvalue weighted by Crippen LogP contribution is 2.37. The molecule has 0 aliphatic carbocycles. The number of carbonyl (C=O) groups excluding carboxylic acids is 1. The molecule has 1 amide bonds. The van der Waals surface area contributed by atoms with Crippen molar-refractivity contribution >= 4 is 33.4 Å². The molecular formula is C15H19BrClNO. The highest BCUT2D eigenvalue weighted by Gasteiger charge is 2.37. The highest BCUT2D eigenvalue weighted by molar-refractivity contribution is 9.10. The van der Waals surface area contributed by atoms with Crippen LogP contribution in [0.2, 0.25) is 5.02 Å². The third-order valence-electron chi connectivity index (χ3n) is 4.39. The Labute approximate surface area is 128 Å². The van der Waals surface area contributed by atoms with Crippen LogP contribution in [0.5, 0.6) is 0 Å². The molecule has 0 spiro atoms. The average molecular weight is 345 g/mol. The van der Waals surface area contributed by atoms with Gasteiger partial charge >= 0.3 is 0 Å². The number of amides is 1. The predicted molar refractivity (Wildman–Crippen MR) is 82.7 cm³/mol. The first-order valence-electron chi connectivity index (χ1n) is 6.75. The Kier molecular flexibility index (Phi) is 4.57. The minimum absolute atomic E-state index is 0.112. The molecule has 0 saturated carbocycles. The fourth-order valence-electron chi connectivity index (χ4n) is 2.75. The molecule has 1 aliphatic heterocycles. The van der Waals surface area contributed by atoms with E-state index < -0.39 is 0 Å². The zero-order chi connectivity index (χ0) is 14.0. The van der Waals surface area contributed by atoms with E-state index in [4.69, 9.17) is 11.6 Å². The van der Waals surface area contributed by atoms with Crippen LogP contribution < -0.4 is 0 Å². The standard InChI is InChI=1S/C15H19BrClNO/c1-3-15(4-2)7-8-18(10-15)14(19)11-5-6-13(17)12(16)9-11/h5-6,9H,3-4,7-8,10H2,1-2H3. The number of carbonyl (C=O) groups is 1. The zero-order valence-electron chi connectivity index (χ0n) is 11.4. The molecule has 1 saturated heterocycles. The van der Waals surface area contributed by atoms with E-state index in [0.29, 0.717) is 16.0 Å². The summed E-state index contributed by atoms with van der Waals surface area (Å²) in [4.78, 5) is 14.5. The van der Waals surface area contributed by atoms with Crippen molar-refractivity contribution in [1.29, 1.82) is 0 Å². The van der Waals surface area contributed by atoms with Gasteiger partial charge in [-0.1, -0.05) is 25.4 Å². The smallest absolute Gasteiger partial charge is 0.253 e. The van der Waals surface area contributed by atoms with Crippen molar-refractivity contribution in [3.05, 3.63) is 33.3 Å². The van der Waals surface area contributed by atoms with Crippen molar-refractivity contribution in [3.63, 3.8) is 0 Å². The van der Waals surface area contributed by atoms with E-state index in [0.717, 1.165) is 36.8 Å². The summed E-state index contributed by atoms with van der Waals surface area (Å²) in [7, 11) is 0. The zero-order valence-corrected chi connectivity index (χ0v) is 13.7. The summed E-state index contributed by atoms with van der Waals surface area (Å²) in [5, 5.41) is 0.634. The van der Waals surface area contributed by atoms with E-state index in [2.05, 4.69) is 29.8 Å². The minimum Gasteiger partial charge on any atom is -0.338 e. The summed E-state index contributed by atoms with van der Waals surface area (Å²) < 4.78 is 0.774. The lowest BCUT2D eigenvalue weighted by molar-refractivity contribution is 0.0770. The number of likely N-dealkylation sites (tertiary alicyclic amines) is 1. The topological polar surface area (TPSA) is 20.3 Å². The molecule has 2 rings (SSSR count). The first kappa shape index (κ1) is 14.9. The molecule has 0 N–H and O–H groups in total. The Morgan fingerprint density at radius 2 is 2.11 bits per heavy atom. The quantitative estimate of drug-likeness (QED) is 0.774. The van der Waals surface area contributed by atoms with Crippen LogP contribution in [0, 0.1) is 5.41 Å². The SMILES string of the molecule is CCC1(CC)CCN(C(=O)c2ccc(Cl)c(Br)c2)C1. The molecule has 19 heavy (non-hydrogen) atoms. The van der Waals surface area contributed by atoms with Gasteiger partial charge in [-0.3, -0.25) is 4.79 Å². The van der Waals surface area contributed by atoms with Crippen molar-refractivity contribution < 1.29 is 4.79 Å². The molecular weight excluding hydrogens is 326 g/mol.